The summed E-state index contributed by atoms with van der Waals surface area (Å²) >= 11 is 0. The number of carbonyl (C=O) groups is 4. The Morgan fingerprint density at radius 1 is 0.368 bits per heavy atom. The molecule has 19 nitrogen and oxygen atoms in total. The lowest BCUT2D eigenvalue weighted by Crippen LogP contribution is -2.13. The van der Waals surface area contributed by atoms with Crippen molar-refractivity contribution in [2.45, 2.75) is 51.9 Å². The number of amides is 3. The summed E-state index contributed by atoms with van der Waals surface area (Å²) in [6, 6.07) is 58.3. The monoisotopic (exact) mass is 1450 g/mol. The number of aromatic nitrogens is 6. The van der Waals surface area contributed by atoms with Crippen molar-refractivity contribution in [1.29, 1.82) is 0 Å². The Balaban J connectivity index is 0.000000159. The molecule has 3 amide bonds. The van der Waals surface area contributed by atoms with Crippen molar-refractivity contribution in [1.82, 2.24) is 29.9 Å². The van der Waals surface area contributed by atoms with Gasteiger partial charge in [0, 0.05) is 58.9 Å². The average Bonchev–Trinajstić information content (AvgIpc) is 0.806. The van der Waals surface area contributed by atoms with Crippen molar-refractivity contribution in [2.75, 3.05) is 16.0 Å². The van der Waals surface area contributed by atoms with E-state index in [1.807, 2.05) is 36.4 Å². The Morgan fingerprint density at radius 3 is 1.08 bits per heavy atom. The van der Waals surface area contributed by atoms with Crippen molar-refractivity contribution >= 4 is 73.1 Å². The number of nitrogens with one attached hydrogen (secondary N) is 3. The first kappa shape index (κ1) is 74.0. The molecule has 28 heteroatoms. The number of fused-ring (bicyclic) bond motifs is 3. The molecule has 0 fully saturated rings. The Kier molecular flexibility index (Phi) is 23.2. The molecular weight excluding hydrogens is 1390 g/mol. The number of alkyl halides is 9. The average molecular weight is 1450 g/mol. The summed E-state index contributed by atoms with van der Waals surface area (Å²) in [5.74, 6) is 0.163. The van der Waals surface area contributed by atoms with Gasteiger partial charge in [0.25, 0.3) is 17.7 Å². The van der Waals surface area contributed by atoms with Crippen LogP contribution < -0.4 is 30.2 Å². The van der Waals surface area contributed by atoms with E-state index in [9.17, 15) is 63.8 Å². The smallest absolute Gasteiger partial charge is 0.416 e. The lowest BCUT2D eigenvalue weighted by atomic mass is 10.0. The zero-order chi connectivity index (χ0) is 75.0. The van der Waals surface area contributed by atoms with Crippen LogP contribution >= 0.6 is 0 Å². The molecule has 0 aliphatic carbocycles. The second-order valence-electron chi connectivity index (χ2n) is 22.9. The lowest BCUT2D eigenvalue weighted by Gasteiger charge is -2.12. The highest BCUT2D eigenvalue weighted by atomic mass is 19.4. The number of carbonyl (C=O) groups excluding carboxylic acids is 4. The predicted molar refractivity (Wildman–Crippen MR) is 373 cm³/mol. The first-order valence-corrected chi connectivity index (χ1v) is 31.7. The highest BCUT2D eigenvalue weighted by Crippen LogP contribution is 2.36. The van der Waals surface area contributed by atoms with Gasteiger partial charge in [0.05, 0.1) is 53.6 Å². The number of aliphatic hydroxyl groups is 1. The third-order valence-electron chi connectivity index (χ3n) is 15.3. The zero-order valence-corrected chi connectivity index (χ0v) is 55.2. The van der Waals surface area contributed by atoms with Crippen LogP contribution in [-0.2, 0) is 59.2 Å². The molecule has 0 aliphatic rings. The molecule has 0 saturated carbocycles. The van der Waals surface area contributed by atoms with Crippen LogP contribution in [0.4, 0.5) is 56.6 Å². The number of nitrogens with zero attached hydrogens (tertiary/aromatic N) is 6. The number of rotatable bonds is 19. The Morgan fingerprint density at radius 2 is 0.717 bits per heavy atom. The van der Waals surface area contributed by atoms with Crippen LogP contribution in [0, 0.1) is 0 Å². The highest BCUT2D eigenvalue weighted by Gasteiger charge is 2.33. The van der Waals surface area contributed by atoms with E-state index in [2.05, 4.69) is 45.9 Å². The van der Waals surface area contributed by atoms with E-state index in [-0.39, 0.29) is 54.2 Å². The molecule has 0 saturated heterocycles. The fraction of sp³-hybridized carbons (Fsp3) is 0.103. The lowest BCUT2D eigenvalue weighted by molar-refractivity contribution is -0.142. The van der Waals surface area contributed by atoms with E-state index in [1.54, 1.807) is 109 Å². The molecule has 0 unspecified atom stereocenters. The van der Waals surface area contributed by atoms with Crippen LogP contribution in [0.3, 0.4) is 0 Å². The number of benzene rings is 10. The second kappa shape index (κ2) is 33.3. The molecule has 3 heterocycles. The molecule has 0 spiro atoms. The van der Waals surface area contributed by atoms with Gasteiger partial charge in [-0.3, -0.25) is 19.2 Å². The molecule has 10 aromatic carbocycles. The minimum absolute atomic E-state index is 0.0176. The van der Waals surface area contributed by atoms with Gasteiger partial charge in [-0.05, 0) is 165 Å². The topological polar surface area (TPSA) is 248 Å². The minimum atomic E-state index is -4.51. The number of ether oxygens (including phenoxy) is 5. The summed E-state index contributed by atoms with van der Waals surface area (Å²) < 4.78 is 145. The van der Waals surface area contributed by atoms with Crippen molar-refractivity contribution in [2.24, 2.45) is 0 Å². The number of hydrogen-bond donors (Lipinski definition) is 4. The van der Waals surface area contributed by atoms with Crippen LogP contribution in [0.25, 0.3) is 32.3 Å². The van der Waals surface area contributed by atoms with E-state index in [0.717, 1.165) is 42.0 Å². The predicted octanol–water partition coefficient (Wildman–Crippen LogP) is 18.4. The van der Waals surface area contributed by atoms with E-state index in [1.165, 1.54) is 74.4 Å². The maximum atomic E-state index is 13.0. The van der Waals surface area contributed by atoms with Gasteiger partial charge in [-0.25, -0.2) is 29.9 Å². The third kappa shape index (κ3) is 20.1. The molecule has 13 aromatic rings. The van der Waals surface area contributed by atoms with Crippen LogP contribution in [0.15, 0.2) is 250 Å². The molecule has 106 heavy (non-hydrogen) atoms. The zero-order valence-electron chi connectivity index (χ0n) is 55.2. The molecule has 13 rings (SSSR count). The summed E-state index contributed by atoms with van der Waals surface area (Å²) in [4.78, 5) is 73.8. The summed E-state index contributed by atoms with van der Waals surface area (Å²) in [6.07, 6.45) is -9.56. The maximum Gasteiger partial charge on any atom is 0.416 e. The standard InChI is InChI=1S/C30H22F3N3O3.C25H18F3N3O4.C23H16F3N3O3/c31-30(32,33)22-9-5-10-23(15-22)36-29(37)27-11-4-8-21-14-25(12-13-26(21)27)39-28-16-24(34-19-35-28)18-38-17-20-6-2-1-3-7-20;1-15(32)34-13-19-12-23(30-14-29-19)35-20-8-9-21-16(10-20)4-2-7-22(21)24(33)31-18-6-3-5-17(11-18)25(26,27)28;24-23(25,26)15-4-2-5-16(10-15)29-22(31)20-6-1-3-14-9-18(7-8-19(14)20)32-21-11-17(12-30)27-13-28-21/h1-16,19H,17-18H2,(H,36,37);2-12,14H,13H2,1H3,(H,31,33);1-11,13,30H,12H2,(H,29,31). The second-order valence-corrected chi connectivity index (χ2v) is 22.9. The molecule has 0 radical (unpaired) electrons. The van der Waals surface area contributed by atoms with Gasteiger partial charge in [-0.2, -0.15) is 39.5 Å². The Bertz CT molecular complexity index is 5340. The van der Waals surface area contributed by atoms with Crippen molar-refractivity contribution in [3.05, 3.63) is 306 Å². The number of halogens is 9. The first-order valence-electron chi connectivity index (χ1n) is 31.7. The van der Waals surface area contributed by atoms with Gasteiger partial charge >= 0.3 is 24.5 Å². The van der Waals surface area contributed by atoms with Gasteiger partial charge in [0.2, 0.25) is 17.6 Å². The molecule has 4 N–H and O–H groups in total. The maximum absolute atomic E-state index is 13.0. The van der Waals surface area contributed by atoms with Gasteiger partial charge in [-0.1, -0.05) is 84.9 Å². The van der Waals surface area contributed by atoms with Crippen LogP contribution in [0.1, 0.15) is 77.3 Å². The van der Waals surface area contributed by atoms with E-state index in [4.69, 9.17) is 23.7 Å². The fourth-order valence-corrected chi connectivity index (χ4v) is 10.4. The molecule has 0 atom stereocenters. The third-order valence-corrected chi connectivity index (χ3v) is 15.3. The molecule has 0 aliphatic heterocycles. The Labute approximate surface area is 596 Å². The van der Waals surface area contributed by atoms with Gasteiger partial charge in [0.15, 0.2) is 0 Å². The highest BCUT2D eigenvalue weighted by molar-refractivity contribution is 6.15. The summed E-state index contributed by atoms with van der Waals surface area (Å²) in [6.45, 7) is 1.77. The SMILES string of the molecule is CC(=O)OCc1cc(Oc2ccc3c(C(=O)Nc4cccc(C(F)(F)F)c4)cccc3c2)ncn1.O=C(Nc1cccc(C(F)(F)F)c1)c1cccc2cc(Oc3cc(CO)ncn3)ccc12.O=C(Nc1cccc(C(F)(F)F)c1)c1cccc2cc(Oc3cc(COCc4ccccc4)ncn3)ccc12. The molecule has 0 bridgehead atoms. The van der Waals surface area contributed by atoms with E-state index >= 15 is 0 Å². The minimum Gasteiger partial charge on any atom is -0.459 e. The molecule has 3 aromatic heterocycles. The first-order chi connectivity index (χ1) is 50.9. The largest absolute Gasteiger partial charge is 0.459 e. The number of esters is 1. The summed E-state index contributed by atoms with van der Waals surface area (Å²) in [5.41, 5.74) is 1.09. The van der Waals surface area contributed by atoms with Gasteiger partial charge in [-0.15, -0.1) is 0 Å². The fourth-order valence-electron chi connectivity index (χ4n) is 10.4. The van der Waals surface area contributed by atoms with Crippen LogP contribution in [-0.4, -0.2) is 58.7 Å². The normalized spacial score (nSPS) is 11.3. The number of anilines is 3. The van der Waals surface area contributed by atoms with Crippen LogP contribution in [0.5, 0.6) is 34.9 Å². The van der Waals surface area contributed by atoms with E-state index in [0.29, 0.717) is 90.3 Å². The number of aliphatic hydroxyl groups excluding tert-OH is 1. The van der Waals surface area contributed by atoms with Gasteiger partial charge in [0.1, 0.15) is 42.8 Å². The number of hydrogen-bond acceptors (Lipinski definition) is 16. The van der Waals surface area contributed by atoms with Crippen molar-refractivity contribution < 1.29 is 87.5 Å². The summed E-state index contributed by atoms with van der Waals surface area (Å²) in [7, 11) is 0. The van der Waals surface area contributed by atoms with Crippen molar-refractivity contribution in [3.63, 3.8) is 0 Å². The quantitative estimate of drug-likeness (QED) is 0.0434. The van der Waals surface area contributed by atoms with Crippen molar-refractivity contribution in [3.8, 4) is 34.9 Å². The van der Waals surface area contributed by atoms with E-state index < -0.39 is 58.9 Å². The molecular formula is C78H56F9N9O10. The van der Waals surface area contributed by atoms with Gasteiger partial charge < -0.3 is 44.7 Å². The molecule has 536 valence electrons. The summed E-state index contributed by atoms with van der Waals surface area (Å²) in [5, 5.41) is 20.6. The van der Waals surface area contributed by atoms with Crippen LogP contribution in [0.2, 0.25) is 0 Å². The Hall–Kier alpha value is -13.2.